The van der Waals surface area contributed by atoms with Gasteiger partial charge in [-0.05, 0) is 30.7 Å². The fourth-order valence-electron chi connectivity index (χ4n) is 3.37. The number of amides is 1. The molecule has 1 atom stereocenters. The molecule has 0 saturated carbocycles. The van der Waals surface area contributed by atoms with Crippen LogP contribution in [0.2, 0.25) is 0 Å². The molecule has 0 aliphatic rings. The Balaban J connectivity index is 1.60. The molecule has 0 aliphatic heterocycles. The summed E-state index contributed by atoms with van der Waals surface area (Å²) in [5.41, 5.74) is 3.37. The lowest BCUT2D eigenvalue weighted by molar-refractivity contribution is 0.0706. The maximum absolute atomic E-state index is 13.2. The van der Waals surface area contributed by atoms with Gasteiger partial charge in [0.05, 0.1) is 18.3 Å². The van der Waals surface area contributed by atoms with Gasteiger partial charge in [0.15, 0.2) is 5.76 Å². The van der Waals surface area contributed by atoms with Gasteiger partial charge in [0.1, 0.15) is 18.2 Å². The molecule has 1 amide bonds. The van der Waals surface area contributed by atoms with E-state index in [0.717, 1.165) is 22.2 Å². The van der Waals surface area contributed by atoms with Crippen LogP contribution in [0.4, 0.5) is 0 Å². The normalized spacial score (nSPS) is 12.2. The third-order valence-electron chi connectivity index (χ3n) is 5.14. The monoisotopic (exact) mass is 390 g/mol. The lowest BCUT2D eigenvalue weighted by Crippen LogP contribution is -2.30. The van der Waals surface area contributed by atoms with Crippen molar-refractivity contribution in [3.05, 3.63) is 78.1 Å². The van der Waals surface area contributed by atoms with Crippen molar-refractivity contribution in [2.45, 2.75) is 19.6 Å². The second-order valence-electron chi connectivity index (χ2n) is 6.86. The molecule has 1 unspecified atom stereocenters. The van der Waals surface area contributed by atoms with Crippen molar-refractivity contribution in [2.75, 3.05) is 14.2 Å². The highest BCUT2D eigenvalue weighted by molar-refractivity contribution is 5.99. The van der Waals surface area contributed by atoms with E-state index in [1.165, 1.54) is 6.33 Å². The molecule has 0 aliphatic carbocycles. The van der Waals surface area contributed by atoms with E-state index in [-0.39, 0.29) is 11.9 Å². The number of ether oxygens (including phenoxy) is 1. The molecule has 0 N–H and O–H groups in total. The predicted molar refractivity (Wildman–Crippen MR) is 109 cm³/mol. The van der Waals surface area contributed by atoms with Crippen molar-refractivity contribution in [1.82, 2.24) is 19.7 Å². The standard InChI is InChI=1S/C22H22N4O3/c1-15(16-8-10-17(11-9-16)26-14-23-13-24-26)25(2)22(27)21-19(12-28-3)18-6-4-5-7-20(18)29-21/h4-11,13-15H,12H2,1-3H3. The van der Waals surface area contributed by atoms with Crippen molar-refractivity contribution in [1.29, 1.82) is 0 Å². The number of furan rings is 1. The second kappa shape index (κ2) is 7.89. The molecule has 0 fully saturated rings. The molecular formula is C22H22N4O3. The maximum atomic E-state index is 13.2. The molecule has 2 aromatic heterocycles. The van der Waals surface area contributed by atoms with E-state index in [0.29, 0.717) is 18.0 Å². The number of carbonyl (C=O) groups is 1. The van der Waals surface area contributed by atoms with Crippen LogP contribution in [0.3, 0.4) is 0 Å². The van der Waals surface area contributed by atoms with Crippen molar-refractivity contribution < 1.29 is 13.9 Å². The first-order valence-corrected chi connectivity index (χ1v) is 9.31. The van der Waals surface area contributed by atoms with E-state index in [4.69, 9.17) is 9.15 Å². The Labute approximate surface area is 168 Å². The Bertz CT molecular complexity index is 1120. The number of nitrogens with zero attached hydrogens (tertiary/aromatic N) is 4. The Kier molecular flexibility index (Phi) is 5.14. The number of hydrogen-bond acceptors (Lipinski definition) is 5. The zero-order valence-corrected chi connectivity index (χ0v) is 16.6. The highest BCUT2D eigenvalue weighted by atomic mass is 16.5. The molecule has 0 spiro atoms. The summed E-state index contributed by atoms with van der Waals surface area (Å²) >= 11 is 0. The number of methoxy groups -OCH3 is 1. The molecule has 7 nitrogen and oxygen atoms in total. The third-order valence-corrected chi connectivity index (χ3v) is 5.14. The molecule has 148 valence electrons. The minimum atomic E-state index is -0.180. The van der Waals surface area contributed by atoms with E-state index in [2.05, 4.69) is 10.1 Å². The molecule has 0 radical (unpaired) electrons. The quantitative estimate of drug-likeness (QED) is 0.498. The van der Waals surface area contributed by atoms with E-state index in [1.807, 2.05) is 55.5 Å². The average molecular weight is 390 g/mol. The SMILES string of the molecule is COCc1c(C(=O)N(C)C(C)c2ccc(-n3cncn3)cc2)oc2ccccc12. The molecule has 0 saturated heterocycles. The zero-order chi connectivity index (χ0) is 20.4. The van der Waals surface area contributed by atoms with Crippen LogP contribution in [0.1, 0.15) is 34.6 Å². The van der Waals surface area contributed by atoms with E-state index >= 15 is 0 Å². The highest BCUT2D eigenvalue weighted by Crippen LogP contribution is 2.29. The van der Waals surface area contributed by atoms with Crippen LogP contribution in [-0.4, -0.2) is 39.7 Å². The zero-order valence-electron chi connectivity index (χ0n) is 16.6. The number of benzene rings is 2. The summed E-state index contributed by atoms with van der Waals surface area (Å²) < 4.78 is 12.9. The predicted octanol–water partition coefficient (Wildman–Crippen LogP) is 3.99. The number of hydrogen-bond donors (Lipinski definition) is 0. The van der Waals surface area contributed by atoms with Gasteiger partial charge in [-0.1, -0.05) is 30.3 Å². The molecular weight excluding hydrogens is 368 g/mol. The summed E-state index contributed by atoms with van der Waals surface area (Å²) in [6.07, 6.45) is 3.14. The molecule has 4 aromatic rings. The minimum Gasteiger partial charge on any atom is -0.451 e. The lowest BCUT2D eigenvalue weighted by Gasteiger charge is -2.25. The first-order valence-electron chi connectivity index (χ1n) is 9.31. The summed E-state index contributed by atoms with van der Waals surface area (Å²) in [7, 11) is 3.39. The van der Waals surface area contributed by atoms with E-state index < -0.39 is 0 Å². The molecule has 2 heterocycles. The number of carbonyl (C=O) groups excluding carboxylic acids is 1. The first-order chi connectivity index (χ1) is 14.1. The van der Waals surface area contributed by atoms with Crippen LogP contribution in [0.5, 0.6) is 0 Å². The van der Waals surface area contributed by atoms with Gasteiger partial charge < -0.3 is 14.1 Å². The fraction of sp³-hybridized carbons (Fsp3) is 0.227. The summed E-state index contributed by atoms with van der Waals surface area (Å²) in [4.78, 5) is 18.9. The Morgan fingerprint density at radius 3 is 2.66 bits per heavy atom. The average Bonchev–Trinajstić information content (AvgIpc) is 3.41. The molecule has 4 rings (SSSR count). The Morgan fingerprint density at radius 2 is 1.97 bits per heavy atom. The van der Waals surface area contributed by atoms with Crippen LogP contribution in [0.25, 0.3) is 16.7 Å². The van der Waals surface area contributed by atoms with Crippen molar-refractivity contribution >= 4 is 16.9 Å². The van der Waals surface area contributed by atoms with Gasteiger partial charge in [0.2, 0.25) is 0 Å². The van der Waals surface area contributed by atoms with Gasteiger partial charge >= 0.3 is 0 Å². The number of para-hydroxylation sites is 1. The van der Waals surface area contributed by atoms with E-state index in [9.17, 15) is 4.79 Å². The third kappa shape index (κ3) is 3.52. The fourth-order valence-corrected chi connectivity index (χ4v) is 3.37. The van der Waals surface area contributed by atoms with E-state index in [1.54, 1.807) is 30.1 Å². The summed E-state index contributed by atoms with van der Waals surface area (Å²) in [5, 5.41) is 5.03. The van der Waals surface area contributed by atoms with Crippen LogP contribution in [-0.2, 0) is 11.3 Å². The molecule has 29 heavy (non-hydrogen) atoms. The van der Waals surface area contributed by atoms with Crippen molar-refractivity contribution in [3.63, 3.8) is 0 Å². The highest BCUT2D eigenvalue weighted by Gasteiger charge is 2.26. The smallest absolute Gasteiger partial charge is 0.290 e. The largest absolute Gasteiger partial charge is 0.451 e. The summed E-state index contributed by atoms with van der Waals surface area (Å²) in [6.45, 7) is 2.30. The summed E-state index contributed by atoms with van der Waals surface area (Å²) in [5.74, 6) is 0.141. The van der Waals surface area contributed by atoms with Gasteiger partial charge in [-0.3, -0.25) is 4.79 Å². The Hall–Kier alpha value is -3.45. The Morgan fingerprint density at radius 1 is 1.21 bits per heavy atom. The number of rotatable bonds is 6. The molecule has 0 bridgehead atoms. The number of fused-ring (bicyclic) bond motifs is 1. The maximum Gasteiger partial charge on any atom is 0.290 e. The van der Waals surface area contributed by atoms with Crippen molar-refractivity contribution in [2.24, 2.45) is 0 Å². The summed E-state index contributed by atoms with van der Waals surface area (Å²) in [6, 6.07) is 15.4. The first kappa shape index (κ1) is 18.9. The topological polar surface area (TPSA) is 73.4 Å². The van der Waals surface area contributed by atoms with Gasteiger partial charge in [0, 0.05) is 25.1 Å². The van der Waals surface area contributed by atoms with Gasteiger partial charge in [-0.15, -0.1) is 0 Å². The van der Waals surface area contributed by atoms with Crippen LogP contribution in [0.15, 0.2) is 65.6 Å². The molecule has 2 aromatic carbocycles. The molecule has 7 heteroatoms. The lowest BCUT2D eigenvalue weighted by atomic mass is 10.1. The van der Waals surface area contributed by atoms with Gasteiger partial charge in [-0.2, -0.15) is 5.10 Å². The van der Waals surface area contributed by atoms with Crippen LogP contribution < -0.4 is 0 Å². The second-order valence-corrected chi connectivity index (χ2v) is 6.86. The van der Waals surface area contributed by atoms with Crippen molar-refractivity contribution in [3.8, 4) is 5.69 Å². The van der Waals surface area contributed by atoms with Crippen LogP contribution >= 0.6 is 0 Å². The van der Waals surface area contributed by atoms with Gasteiger partial charge in [0.25, 0.3) is 5.91 Å². The van der Waals surface area contributed by atoms with Gasteiger partial charge in [-0.25, -0.2) is 9.67 Å². The van der Waals surface area contributed by atoms with Crippen LogP contribution in [0, 0.1) is 0 Å². The number of aromatic nitrogens is 3. The minimum absolute atomic E-state index is 0.143.